The van der Waals surface area contributed by atoms with Crippen LogP contribution in [0.1, 0.15) is 240 Å². The topological polar surface area (TPSA) is 78.9 Å². The molecule has 1 atom stereocenters. The van der Waals surface area contributed by atoms with Crippen LogP contribution in [0.2, 0.25) is 0 Å². The van der Waals surface area contributed by atoms with Crippen LogP contribution in [0.3, 0.4) is 0 Å². The van der Waals surface area contributed by atoms with E-state index in [9.17, 15) is 14.4 Å². The molecule has 0 saturated heterocycles. The Balaban J connectivity index is 4.34. The molecule has 0 aromatic carbocycles. The second-order valence-electron chi connectivity index (χ2n) is 16.3. The Labute approximate surface area is 317 Å². The van der Waals surface area contributed by atoms with E-state index >= 15 is 0 Å². The summed E-state index contributed by atoms with van der Waals surface area (Å²) in [7, 11) is 0. The van der Waals surface area contributed by atoms with Gasteiger partial charge in [-0.25, -0.2) is 0 Å². The average molecular weight is 723 g/mol. The Morgan fingerprint density at radius 3 is 0.961 bits per heavy atom. The van der Waals surface area contributed by atoms with Gasteiger partial charge >= 0.3 is 17.9 Å². The largest absolute Gasteiger partial charge is 0.462 e. The fraction of sp³-hybridized carbons (Fsp3) is 0.933. The zero-order chi connectivity index (χ0) is 37.6. The Bertz CT molecular complexity index is 779. The van der Waals surface area contributed by atoms with Crippen LogP contribution in [-0.2, 0) is 28.6 Å². The molecule has 0 aliphatic carbocycles. The van der Waals surface area contributed by atoms with Crippen LogP contribution in [0.5, 0.6) is 0 Å². The lowest BCUT2D eigenvalue weighted by Crippen LogP contribution is -2.30. The van der Waals surface area contributed by atoms with Gasteiger partial charge in [-0.3, -0.25) is 14.4 Å². The monoisotopic (exact) mass is 723 g/mol. The van der Waals surface area contributed by atoms with Crippen LogP contribution in [0.15, 0.2) is 0 Å². The molecule has 0 bridgehead atoms. The van der Waals surface area contributed by atoms with Gasteiger partial charge in [0.1, 0.15) is 13.2 Å². The molecule has 0 aliphatic heterocycles. The molecule has 6 heteroatoms. The number of carbonyl (C=O) groups is 3. The van der Waals surface area contributed by atoms with Gasteiger partial charge in [0, 0.05) is 19.3 Å². The molecule has 51 heavy (non-hydrogen) atoms. The molecule has 0 aromatic rings. The van der Waals surface area contributed by atoms with Crippen molar-refractivity contribution in [2.45, 2.75) is 246 Å². The van der Waals surface area contributed by atoms with E-state index in [1.807, 2.05) is 0 Å². The van der Waals surface area contributed by atoms with Crippen LogP contribution >= 0.6 is 0 Å². The molecule has 0 heterocycles. The Morgan fingerprint density at radius 2 is 0.647 bits per heavy atom. The average Bonchev–Trinajstić information content (AvgIpc) is 3.09. The highest BCUT2D eigenvalue weighted by molar-refractivity contribution is 5.71. The highest BCUT2D eigenvalue weighted by Crippen LogP contribution is 2.16. The highest BCUT2D eigenvalue weighted by Gasteiger charge is 2.19. The summed E-state index contributed by atoms with van der Waals surface area (Å²) in [6.45, 7) is 11.3. The van der Waals surface area contributed by atoms with E-state index < -0.39 is 6.10 Å². The highest BCUT2D eigenvalue weighted by atomic mass is 16.6. The molecule has 0 unspecified atom stereocenters. The molecule has 0 radical (unpaired) electrons. The lowest BCUT2D eigenvalue weighted by molar-refractivity contribution is -0.167. The van der Waals surface area contributed by atoms with Crippen molar-refractivity contribution < 1.29 is 28.6 Å². The molecule has 0 amide bonds. The van der Waals surface area contributed by atoms with Gasteiger partial charge in [0.15, 0.2) is 6.10 Å². The second kappa shape index (κ2) is 38.1. The van der Waals surface area contributed by atoms with Crippen molar-refractivity contribution in [1.29, 1.82) is 0 Å². The van der Waals surface area contributed by atoms with Gasteiger partial charge in [-0.2, -0.15) is 0 Å². The van der Waals surface area contributed by atoms with E-state index in [0.717, 1.165) is 69.6 Å². The predicted octanol–water partition coefficient (Wildman–Crippen LogP) is 13.8. The zero-order valence-corrected chi connectivity index (χ0v) is 34.7. The third kappa shape index (κ3) is 39.5. The SMILES string of the molecule is CCCCCCCCCCCCC(=O)OC[C@H](COC(=O)CCCCCCCCCCCC(C)C)OC(=O)CCCCCCCCCCC(C)C. The summed E-state index contributed by atoms with van der Waals surface area (Å²) in [4.78, 5) is 37.6. The molecule has 0 rings (SSSR count). The molecular formula is C45H86O6. The molecule has 0 aromatic heterocycles. The van der Waals surface area contributed by atoms with E-state index in [0.29, 0.717) is 19.3 Å². The van der Waals surface area contributed by atoms with Crippen LogP contribution in [0.25, 0.3) is 0 Å². The van der Waals surface area contributed by atoms with Crippen molar-refractivity contribution in [2.24, 2.45) is 11.8 Å². The number of rotatable bonds is 39. The number of hydrogen-bond donors (Lipinski definition) is 0. The number of ether oxygens (including phenoxy) is 3. The molecule has 0 saturated carbocycles. The van der Waals surface area contributed by atoms with Crippen molar-refractivity contribution >= 4 is 17.9 Å². The summed E-state index contributed by atoms with van der Waals surface area (Å²) in [6, 6.07) is 0. The first-order chi connectivity index (χ1) is 24.7. The van der Waals surface area contributed by atoms with Crippen molar-refractivity contribution in [3.05, 3.63) is 0 Å². The van der Waals surface area contributed by atoms with E-state index in [1.54, 1.807) is 0 Å². The van der Waals surface area contributed by atoms with E-state index in [1.165, 1.54) is 128 Å². The summed E-state index contributed by atoms with van der Waals surface area (Å²) >= 11 is 0. The summed E-state index contributed by atoms with van der Waals surface area (Å²) in [5.74, 6) is 0.739. The van der Waals surface area contributed by atoms with Crippen molar-refractivity contribution in [1.82, 2.24) is 0 Å². The maximum Gasteiger partial charge on any atom is 0.306 e. The zero-order valence-electron chi connectivity index (χ0n) is 34.7. The minimum Gasteiger partial charge on any atom is -0.462 e. The first-order valence-corrected chi connectivity index (χ1v) is 22.2. The Hall–Kier alpha value is -1.59. The van der Waals surface area contributed by atoms with Gasteiger partial charge < -0.3 is 14.2 Å². The third-order valence-electron chi connectivity index (χ3n) is 9.97. The van der Waals surface area contributed by atoms with Gasteiger partial charge in [-0.15, -0.1) is 0 Å². The van der Waals surface area contributed by atoms with Crippen molar-refractivity contribution in [3.8, 4) is 0 Å². The molecule has 302 valence electrons. The number of esters is 3. The van der Waals surface area contributed by atoms with Crippen molar-refractivity contribution in [2.75, 3.05) is 13.2 Å². The van der Waals surface area contributed by atoms with E-state index in [4.69, 9.17) is 14.2 Å². The first kappa shape index (κ1) is 49.4. The van der Waals surface area contributed by atoms with Crippen LogP contribution in [0.4, 0.5) is 0 Å². The van der Waals surface area contributed by atoms with Gasteiger partial charge in [-0.05, 0) is 31.1 Å². The van der Waals surface area contributed by atoms with Gasteiger partial charge in [0.2, 0.25) is 0 Å². The summed E-state index contributed by atoms with van der Waals surface area (Å²) in [5.41, 5.74) is 0. The first-order valence-electron chi connectivity index (χ1n) is 22.2. The minimum absolute atomic E-state index is 0.0656. The number of carbonyl (C=O) groups excluding carboxylic acids is 3. The third-order valence-corrected chi connectivity index (χ3v) is 9.97. The Morgan fingerprint density at radius 1 is 0.373 bits per heavy atom. The van der Waals surface area contributed by atoms with E-state index in [2.05, 4.69) is 34.6 Å². The summed E-state index contributed by atoms with van der Waals surface area (Å²) < 4.78 is 16.7. The van der Waals surface area contributed by atoms with Crippen LogP contribution < -0.4 is 0 Å². The normalized spacial score (nSPS) is 12.1. The lowest BCUT2D eigenvalue weighted by atomic mass is 10.0. The van der Waals surface area contributed by atoms with E-state index in [-0.39, 0.29) is 31.1 Å². The molecule has 0 spiro atoms. The summed E-state index contributed by atoms with van der Waals surface area (Å²) in [5, 5.41) is 0. The second-order valence-corrected chi connectivity index (χ2v) is 16.3. The predicted molar refractivity (Wildman–Crippen MR) is 215 cm³/mol. The maximum atomic E-state index is 12.7. The van der Waals surface area contributed by atoms with Crippen molar-refractivity contribution in [3.63, 3.8) is 0 Å². The maximum absolute atomic E-state index is 12.7. The Kier molecular flexibility index (Phi) is 37.0. The summed E-state index contributed by atoms with van der Waals surface area (Å²) in [6.07, 6.45) is 35.2. The van der Waals surface area contributed by atoms with Crippen LogP contribution in [-0.4, -0.2) is 37.2 Å². The quantitative estimate of drug-likeness (QED) is 0.0357. The fourth-order valence-electron chi connectivity index (χ4n) is 6.58. The number of hydrogen-bond acceptors (Lipinski definition) is 6. The molecule has 0 N–H and O–H groups in total. The molecule has 6 nitrogen and oxygen atoms in total. The lowest BCUT2D eigenvalue weighted by Gasteiger charge is -2.18. The number of unbranched alkanes of at least 4 members (excludes halogenated alkanes) is 24. The van der Waals surface area contributed by atoms with Gasteiger partial charge in [-0.1, -0.05) is 202 Å². The molecule has 0 aliphatic rings. The minimum atomic E-state index is -0.760. The van der Waals surface area contributed by atoms with Gasteiger partial charge in [0.05, 0.1) is 0 Å². The van der Waals surface area contributed by atoms with Crippen LogP contribution in [0, 0.1) is 11.8 Å². The standard InChI is InChI=1S/C45H86O6/c1-6-7-8-9-10-11-14-20-25-30-35-43(46)49-38-42(51-45(48)37-32-27-22-17-16-19-24-29-34-41(4)5)39-50-44(47)36-31-26-21-15-12-13-18-23-28-33-40(2)3/h40-42H,6-39H2,1-5H3/t42-/m1/s1. The van der Waals surface area contributed by atoms with Gasteiger partial charge in [0.25, 0.3) is 0 Å². The molecule has 0 fully saturated rings. The fourth-order valence-corrected chi connectivity index (χ4v) is 6.58. The molecular weight excluding hydrogens is 636 g/mol. The smallest absolute Gasteiger partial charge is 0.306 e.